The summed E-state index contributed by atoms with van der Waals surface area (Å²) in [5, 5.41) is 12.5. The minimum Gasteiger partial charge on any atom is -0.315 e. The molecular formula is C29H23FN8OS. The number of amides is 1. The van der Waals surface area contributed by atoms with Gasteiger partial charge in [-0.15, -0.1) is 16.4 Å². The van der Waals surface area contributed by atoms with Gasteiger partial charge < -0.3 is 5.32 Å². The minimum absolute atomic E-state index is 0.0323. The van der Waals surface area contributed by atoms with Crippen LogP contribution in [0.2, 0.25) is 0 Å². The number of carbonyl (C=O) groups is 1. The Bertz CT molecular complexity index is 1850. The van der Waals surface area contributed by atoms with Gasteiger partial charge >= 0.3 is 0 Å². The molecule has 0 aliphatic carbocycles. The van der Waals surface area contributed by atoms with Crippen molar-refractivity contribution in [1.82, 2.24) is 35.3 Å². The SMILES string of the molecule is O=C(c1ccc(-n2nnc3cccnc32)cc1F)N(c1nccc2sc(-c3ccncc3)cc12)[C@@H]1CCCNC1. The van der Waals surface area contributed by atoms with Gasteiger partial charge in [-0.05, 0) is 73.5 Å². The van der Waals surface area contributed by atoms with E-state index in [0.29, 0.717) is 29.2 Å². The first kappa shape index (κ1) is 24.4. The van der Waals surface area contributed by atoms with Gasteiger partial charge in [0.05, 0.1) is 17.3 Å². The van der Waals surface area contributed by atoms with E-state index >= 15 is 4.39 Å². The van der Waals surface area contributed by atoms with Crippen molar-refractivity contribution in [2.24, 2.45) is 0 Å². The average Bonchev–Trinajstić information content (AvgIpc) is 3.64. The van der Waals surface area contributed by atoms with Crippen LogP contribution in [0.5, 0.6) is 0 Å². The fourth-order valence-corrected chi connectivity index (χ4v) is 6.22. The average molecular weight is 551 g/mol. The van der Waals surface area contributed by atoms with E-state index in [1.165, 1.54) is 16.8 Å². The molecule has 5 aromatic heterocycles. The maximum atomic E-state index is 15.7. The first-order chi connectivity index (χ1) is 19.7. The molecule has 0 bridgehead atoms. The quantitative estimate of drug-likeness (QED) is 0.321. The lowest BCUT2D eigenvalue weighted by Gasteiger charge is -2.34. The second-order valence-corrected chi connectivity index (χ2v) is 10.7. The zero-order valence-electron chi connectivity index (χ0n) is 21.2. The molecule has 1 atom stereocenters. The number of halogens is 1. The van der Waals surface area contributed by atoms with Gasteiger partial charge in [-0.3, -0.25) is 14.7 Å². The molecule has 0 radical (unpaired) electrons. The van der Waals surface area contributed by atoms with Crippen LogP contribution in [0, 0.1) is 5.82 Å². The van der Waals surface area contributed by atoms with Gasteiger partial charge in [-0.25, -0.2) is 14.4 Å². The number of benzene rings is 1. The van der Waals surface area contributed by atoms with Crippen molar-refractivity contribution >= 4 is 44.3 Å². The maximum absolute atomic E-state index is 15.7. The van der Waals surface area contributed by atoms with Crippen LogP contribution in [0.15, 0.2) is 79.4 Å². The lowest BCUT2D eigenvalue weighted by molar-refractivity contribution is 0.0968. The Morgan fingerprint density at radius 2 is 1.95 bits per heavy atom. The summed E-state index contributed by atoms with van der Waals surface area (Å²) in [7, 11) is 0. The molecule has 7 rings (SSSR count). The highest BCUT2D eigenvalue weighted by Gasteiger charge is 2.32. The Balaban J connectivity index is 1.31. The first-order valence-corrected chi connectivity index (χ1v) is 13.8. The Morgan fingerprint density at radius 3 is 2.77 bits per heavy atom. The minimum atomic E-state index is -0.647. The van der Waals surface area contributed by atoms with Crippen LogP contribution in [0.4, 0.5) is 10.2 Å². The second-order valence-electron chi connectivity index (χ2n) is 9.58. The lowest BCUT2D eigenvalue weighted by Crippen LogP contribution is -2.49. The van der Waals surface area contributed by atoms with E-state index in [1.54, 1.807) is 59.2 Å². The summed E-state index contributed by atoms with van der Waals surface area (Å²) < 4.78 is 18.2. The van der Waals surface area contributed by atoms with Crippen LogP contribution in [0.3, 0.4) is 0 Å². The van der Waals surface area contributed by atoms with Gasteiger partial charge in [0.2, 0.25) is 0 Å². The van der Waals surface area contributed by atoms with E-state index in [9.17, 15) is 4.79 Å². The zero-order chi connectivity index (χ0) is 27.1. The fourth-order valence-electron chi connectivity index (χ4n) is 5.17. The van der Waals surface area contributed by atoms with E-state index in [2.05, 4.69) is 36.6 Å². The number of thiophene rings is 1. The maximum Gasteiger partial charge on any atom is 0.262 e. The number of pyridine rings is 3. The summed E-state index contributed by atoms with van der Waals surface area (Å²) in [5.41, 5.74) is 2.54. The lowest BCUT2D eigenvalue weighted by atomic mass is 10.0. The fraction of sp³-hybridized carbons (Fsp3) is 0.172. The molecule has 0 spiro atoms. The number of nitrogens with one attached hydrogen (secondary N) is 1. The Morgan fingerprint density at radius 1 is 1.05 bits per heavy atom. The Hall–Kier alpha value is -4.61. The first-order valence-electron chi connectivity index (χ1n) is 13.0. The third-order valence-electron chi connectivity index (χ3n) is 7.11. The number of rotatable bonds is 5. The monoisotopic (exact) mass is 550 g/mol. The van der Waals surface area contributed by atoms with Crippen molar-refractivity contribution < 1.29 is 9.18 Å². The van der Waals surface area contributed by atoms with Gasteiger partial charge in [0, 0.05) is 52.4 Å². The van der Waals surface area contributed by atoms with Crippen LogP contribution < -0.4 is 10.2 Å². The third-order valence-corrected chi connectivity index (χ3v) is 8.26. The molecule has 198 valence electrons. The van der Waals surface area contributed by atoms with Gasteiger partial charge in [-0.1, -0.05) is 5.21 Å². The number of piperidine rings is 1. The molecule has 6 aromatic rings. The molecular weight excluding hydrogens is 527 g/mol. The van der Waals surface area contributed by atoms with Crippen molar-refractivity contribution in [1.29, 1.82) is 0 Å². The topological polar surface area (TPSA) is 102 Å². The van der Waals surface area contributed by atoms with Crippen LogP contribution in [0.1, 0.15) is 23.2 Å². The molecule has 0 saturated carbocycles. The largest absolute Gasteiger partial charge is 0.315 e. The molecule has 1 aliphatic heterocycles. The Kier molecular flexibility index (Phi) is 6.21. The summed E-state index contributed by atoms with van der Waals surface area (Å²) >= 11 is 1.62. The number of aromatic nitrogens is 6. The number of fused-ring (bicyclic) bond motifs is 2. The summed E-state index contributed by atoms with van der Waals surface area (Å²) in [5.74, 6) is -0.551. The number of hydrogen-bond acceptors (Lipinski definition) is 8. The summed E-state index contributed by atoms with van der Waals surface area (Å²) in [4.78, 5) is 30.0. The molecule has 6 heterocycles. The highest BCUT2D eigenvalue weighted by molar-refractivity contribution is 7.22. The molecule has 1 saturated heterocycles. The second kappa shape index (κ2) is 10.2. The van der Waals surface area contributed by atoms with E-state index in [0.717, 1.165) is 39.9 Å². The Labute approximate surface area is 232 Å². The van der Waals surface area contributed by atoms with Crippen LogP contribution >= 0.6 is 11.3 Å². The smallest absolute Gasteiger partial charge is 0.262 e. The van der Waals surface area contributed by atoms with Crippen molar-refractivity contribution in [3.8, 4) is 16.1 Å². The molecule has 1 amide bonds. The summed E-state index contributed by atoms with van der Waals surface area (Å²) in [6, 6.07) is 15.7. The van der Waals surface area contributed by atoms with Crippen LogP contribution in [-0.4, -0.2) is 55.0 Å². The number of nitrogens with zero attached hydrogens (tertiary/aromatic N) is 7. The van der Waals surface area contributed by atoms with E-state index < -0.39 is 11.7 Å². The molecule has 11 heteroatoms. The summed E-state index contributed by atoms with van der Waals surface area (Å²) in [6.45, 7) is 1.48. The molecule has 40 heavy (non-hydrogen) atoms. The van der Waals surface area contributed by atoms with E-state index in [4.69, 9.17) is 0 Å². The van der Waals surface area contributed by atoms with Crippen molar-refractivity contribution in [3.63, 3.8) is 0 Å². The molecule has 1 aliphatic rings. The number of carbonyl (C=O) groups excluding carboxylic acids is 1. The van der Waals surface area contributed by atoms with E-state index in [1.807, 2.05) is 18.2 Å². The number of anilines is 1. The molecule has 1 fully saturated rings. The summed E-state index contributed by atoms with van der Waals surface area (Å²) in [6.07, 6.45) is 8.55. The zero-order valence-corrected chi connectivity index (χ0v) is 22.1. The highest BCUT2D eigenvalue weighted by Crippen LogP contribution is 2.38. The highest BCUT2D eigenvalue weighted by atomic mass is 32.1. The van der Waals surface area contributed by atoms with Crippen molar-refractivity contribution in [2.75, 3.05) is 18.0 Å². The normalized spacial score (nSPS) is 15.5. The van der Waals surface area contributed by atoms with Crippen molar-refractivity contribution in [2.45, 2.75) is 18.9 Å². The molecule has 1 aromatic carbocycles. The van der Waals surface area contributed by atoms with Gasteiger partial charge in [0.1, 0.15) is 17.2 Å². The van der Waals surface area contributed by atoms with Crippen LogP contribution in [-0.2, 0) is 0 Å². The van der Waals surface area contributed by atoms with Crippen molar-refractivity contribution in [3.05, 3.63) is 90.8 Å². The molecule has 1 N–H and O–H groups in total. The van der Waals surface area contributed by atoms with Gasteiger partial charge in [0.25, 0.3) is 5.91 Å². The van der Waals surface area contributed by atoms with Gasteiger partial charge in [0.15, 0.2) is 5.65 Å². The standard InChI is InChI=1S/C29H23FN8OS/c30-23-15-19(38-28-24(35-36-38)4-2-11-33-28)5-6-21(23)29(39)37(20-3-1-10-32-17-20)27-22-16-26(18-7-12-31-13-8-18)40-25(22)9-14-34-27/h2,4-9,11-16,20,32H,1,3,10,17H2/t20-/m1/s1. The predicted octanol–water partition coefficient (Wildman–Crippen LogP) is 5.03. The van der Waals surface area contributed by atoms with Gasteiger partial charge in [-0.2, -0.15) is 4.68 Å². The molecule has 0 unspecified atom stereocenters. The van der Waals surface area contributed by atoms with Crippen LogP contribution in [0.25, 0.3) is 37.4 Å². The third kappa shape index (κ3) is 4.29. The number of hydrogen-bond donors (Lipinski definition) is 1. The molecule has 9 nitrogen and oxygen atoms in total. The van der Waals surface area contributed by atoms with E-state index in [-0.39, 0.29) is 11.6 Å². The predicted molar refractivity (Wildman–Crippen MR) is 152 cm³/mol.